The summed E-state index contributed by atoms with van der Waals surface area (Å²) in [6.45, 7) is 7.92. The van der Waals surface area contributed by atoms with Gasteiger partial charge in [0, 0.05) is 25.7 Å². The highest BCUT2D eigenvalue weighted by Gasteiger charge is 2.10. The van der Waals surface area contributed by atoms with E-state index in [4.69, 9.17) is 10.5 Å². The van der Waals surface area contributed by atoms with Crippen LogP contribution in [0.2, 0.25) is 0 Å². The smallest absolute Gasteiger partial charge is 0.218 e. The Morgan fingerprint density at radius 3 is 2.74 bits per heavy atom. The summed E-state index contributed by atoms with van der Waals surface area (Å²) < 4.78 is 5.51. The number of anilines is 1. The number of hydrogen-bond acceptors (Lipinski definition) is 5. The lowest BCUT2D eigenvalue weighted by molar-refractivity contribution is 0.304. The normalized spacial score (nSPS) is 12.5. The van der Waals surface area contributed by atoms with Crippen LogP contribution in [0.5, 0.6) is 5.88 Å². The van der Waals surface area contributed by atoms with Crippen LogP contribution < -0.4 is 15.4 Å². The van der Waals surface area contributed by atoms with Crippen LogP contribution in [0, 0.1) is 5.92 Å². The highest BCUT2D eigenvalue weighted by molar-refractivity contribution is 5.39. The highest BCUT2D eigenvalue weighted by atomic mass is 16.5. The predicted molar refractivity (Wildman–Crippen MR) is 78.5 cm³/mol. The van der Waals surface area contributed by atoms with Gasteiger partial charge in [0.15, 0.2) is 0 Å². The Labute approximate surface area is 116 Å². The third kappa shape index (κ3) is 5.42. The standard InChI is InChI=1S/C14H26N4O/c1-5-8-19-14-9-13(16-10-17-14)18(4)7-6-12(15)11(2)3/h9-12H,5-8,15H2,1-4H3. The maximum absolute atomic E-state index is 6.05. The first-order valence-corrected chi connectivity index (χ1v) is 6.96. The molecule has 1 unspecified atom stereocenters. The molecule has 1 heterocycles. The molecule has 0 spiro atoms. The molecule has 0 aliphatic heterocycles. The number of nitrogens with zero attached hydrogens (tertiary/aromatic N) is 3. The molecule has 1 rings (SSSR count). The fourth-order valence-corrected chi connectivity index (χ4v) is 1.61. The van der Waals surface area contributed by atoms with Gasteiger partial charge in [-0.25, -0.2) is 9.97 Å². The molecule has 0 aromatic carbocycles. The second kappa shape index (κ2) is 7.94. The minimum atomic E-state index is 0.222. The van der Waals surface area contributed by atoms with Gasteiger partial charge in [0.05, 0.1) is 6.61 Å². The third-order valence-electron chi connectivity index (χ3n) is 3.13. The average molecular weight is 266 g/mol. The summed E-state index contributed by atoms with van der Waals surface area (Å²) in [7, 11) is 2.01. The Balaban J connectivity index is 2.53. The molecular weight excluding hydrogens is 240 g/mol. The van der Waals surface area contributed by atoms with E-state index in [2.05, 4.69) is 35.6 Å². The molecule has 1 aromatic heterocycles. The first-order valence-electron chi connectivity index (χ1n) is 6.96. The van der Waals surface area contributed by atoms with E-state index < -0.39 is 0 Å². The van der Waals surface area contributed by atoms with E-state index in [9.17, 15) is 0 Å². The van der Waals surface area contributed by atoms with Gasteiger partial charge in [-0.2, -0.15) is 0 Å². The first-order chi connectivity index (χ1) is 9.04. The molecule has 5 nitrogen and oxygen atoms in total. The number of rotatable bonds is 8. The Bertz CT molecular complexity index is 370. The van der Waals surface area contributed by atoms with Crippen molar-refractivity contribution in [2.24, 2.45) is 11.7 Å². The molecule has 1 aromatic rings. The van der Waals surface area contributed by atoms with Crippen LogP contribution in [0.25, 0.3) is 0 Å². The molecule has 0 fully saturated rings. The summed E-state index contributed by atoms with van der Waals surface area (Å²) in [5.74, 6) is 2.01. The van der Waals surface area contributed by atoms with Crippen molar-refractivity contribution in [3.05, 3.63) is 12.4 Å². The van der Waals surface area contributed by atoms with Crippen LogP contribution in [-0.4, -0.2) is 36.2 Å². The lowest BCUT2D eigenvalue weighted by atomic mass is 10.0. The fourth-order valence-electron chi connectivity index (χ4n) is 1.61. The van der Waals surface area contributed by atoms with Crippen molar-refractivity contribution in [2.75, 3.05) is 25.1 Å². The van der Waals surface area contributed by atoms with Crippen LogP contribution in [0.15, 0.2) is 12.4 Å². The van der Waals surface area contributed by atoms with Crippen molar-refractivity contribution in [1.82, 2.24) is 9.97 Å². The van der Waals surface area contributed by atoms with Crippen LogP contribution in [0.3, 0.4) is 0 Å². The summed E-state index contributed by atoms with van der Waals surface area (Å²) in [6.07, 6.45) is 3.46. The van der Waals surface area contributed by atoms with E-state index in [-0.39, 0.29) is 6.04 Å². The Hall–Kier alpha value is -1.36. The van der Waals surface area contributed by atoms with Gasteiger partial charge in [0.1, 0.15) is 12.1 Å². The molecular formula is C14H26N4O. The van der Waals surface area contributed by atoms with Crippen molar-refractivity contribution >= 4 is 5.82 Å². The summed E-state index contributed by atoms with van der Waals surface area (Å²) in [5, 5.41) is 0. The lowest BCUT2D eigenvalue weighted by Crippen LogP contribution is -2.32. The molecule has 0 amide bonds. The van der Waals surface area contributed by atoms with E-state index in [0.717, 1.165) is 25.2 Å². The van der Waals surface area contributed by atoms with Crippen LogP contribution in [0.1, 0.15) is 33.6 Å². The maximum Gasteiger partial charge on any atom is 0.218 e. The second-order valence-electron chi connectivity index (χ2n) is 5.18. The van der Waals surface area contributed by atoms with Gasteiger partial charge in [-0.05, 0) is 18.8 Å². The van der Waals surface area contributed by atoms with Crippen LogP contribution in [-0.2, 0) is 0 Å². The maximum atomic E-state index is 6.05. The van der Waals surface area contributed by atoms with Gasteiger partial charge < -0.3 is 15.4 Å². The molecule has 108 valence electrons. The van der Waals surface area contributed by atoms with E-state index >= 15 is 0 Å². The zero-order chi connectivity index (χ0) is 14.3. The number of ether oxygens (including phenoxy) is 1. The molecule has 0 bridgehead atoms. The second-order valence-corrected chi connectivity index (χ2v) is 5.18. The zero-order valence-corrected chi connectivity index (χ0v) is 12.5. The van der Waals surface area contributed by atoms with Gasteiger partial charge in [-0.3, -0.25) is 0 Å². The van der Waals surface area contributed by atoms with Crippen molar-refractivity contribution in [2.45, 2.75) is 39.7 Å². The lowest BCUT2D eigenvalue weighted by Gasteiger charge is -2.22. The first kappa shape index (κ1) is 15.7. The molecule has 1 atom stereocenters. The van der Waals surface area contributed by atoms with Gasteiger partial charge in [-0.1, -0.05) is 20.8 Å². The number of hydrogen-bond donors (Lipinski definition) is 1. The highest BCUT2D eigenvalue weighted by Crippen LogP contribution is 2.15. The van der Waals surface area contributed by atoms with Crippen LogP contribution in [0.4, 0.5) is 5.82 Å². The summed E-state index contributed by atoms with van der Waals surface area (Å²) in [4.78, 5) is 10.4. The van der Waals surface area contributed by atoms with E-state index in [0.29, 0.717) is 18.4 Å². The summed E-state index contributed by atoms with van der Waals surface area (Å²) >= 11 is 0. The molecule has 0 radical (unpaired) electrons. The predicted octanol–water partition coefficient (Wildman–Crippen LogP) is 2.08. The molecule has 19 heavy (non-hydrogen) atoms. The minimum absolute atomic E-state index is 0.222. The van der Waals surface area contributed by atoms with Crippen molar-refractivity contribution in [3.8, 4) is 5.88 Å². The molecule has 2 N–H and O–H groups in total. The van der Waals surface area contributed by atoms with Crippen LogP contribution >= 0.6 is 0 Å². The quantitative estimate of drug-likeness (QED) is 0.780. The molecule has 0 aliphatic rings. The Morgan fingerprint density at radius 1 is 1.37 bits per heavy atom. The van der Waals surface area contributed by atoms with E-state index in [1.165, 1.54) is 0 Å². The fraction of sp³-hybridized carbons (Fsp3) is 0.714. The van der Waals surface area contributed by atoms with Crippen molar-refractivity contribution < 1.29 is 4.74 Å². The third-order valence-corrected chi connectivity index (χ3v) is 3.13. The molecule has 5 heteroatoms. The van der Waals surface area contributed by atoms with Crippen molar-refractivity contribution in [1.29, 1.82) is 0 Å². The SMILES string of the molecule is CCCOc1cc(N(C)CCC(N)C(C)C)ncn1. The van der Waals surface area contributed by atoms with Gasteiger partial charge in [0.2, 0.25) is 5.88 Å². The summed E-state index contributed by atoms with van der Waals surface area (Å²) in [6, 6.07) is 2.09. The van der Waals surface area contributed by atoms with E-state index in [1.54, 1.807) is 6.33 Å². The van der Waals surface area contributed by atoms with Gasteiger partial charge >= 0.3 is 0 Å². The Morgan fingerprint density at radius 2 is 2.11 bits per heavy atom. The minimum Gasteiger partial charge on any atom is -0.478 e. The molecule has 0 saturated carbocycles. The number of aromatic nitrogens is 2. The monoisotopic (exact) mass is 266 g/mol. The Kier molecular flexibility index (Phi) is 6.56. The largest absolute Gasteiger partial charge is 0.478 e. The van der Waals surface area contributed by atoms with Crippen molar-refractivity contribution in [3.63, 3.8) is 0 Å². The molecule has 0 aliphatic carbocycles. The summed E-state index contributed by atoms with van der Waals surface area (Å²) in [5.41, 5.74) is 6.05. The zero-order valence-electron chi connectivity index (χ0n) is 12.5. The average Bonchev–Trinajstić information content (AvgIpc) is 2.42. The van der Waals surface area contributed by atoms with E-state index in [1.807, 2.05) is 13.1 Å². The molecule has 0 saturated heterocycles. The topological polar surface area (TPSA) is 64.3 Å². The van der Waals surface area contributed by atoms with Gasteiger partial charge in [0.25, 0.3) is 0 Å². The van der Waals surface area contributed by atoms with Gasteiger partial charge in [-0.15, -0.1) is 0 Å². The number of nitrogens with two attached hydrogens (primary N) is 1.